The van der Waals surface area contributed by atoms with Crippen molar-refractivity contribution in [3.63, 3.8) is 0 Å². The zero-order valence-corrected chi connectivity index (χ0v) is 20.9. The number of allylic oxidation sites excluding steroid dienone is 2. The summed E-state index contributed by atoms with van der Waals surface area (Å²) in [6, 6.07) is 26.2. The van der Waals surface area contributed by atoms with E-state index < -0.39 is 0 Å². The summed E-state index contributed by atoms with van der Waals surface area (Å²) in [5, 5.41) is 0. The summed E-state index contributed by atoms with van der Waals surface area (Å²) in [5.41, 5.74) is 9.04. The van der Waals surface area contributed by atoms with Crippen molar-refractivity contribution in [3.05, 3.63) is 153 Å². The van der Waals surface area contributed by atoms with Crippen molar-refractivity contribution in [2.24, 2.45) is 0 Å². The van der Waals surface area contributed by atoms with Crippen LogP contribution < -0.4 is 0 Å². The molecular formula is C35H26O3. The Kier molecular flexibility index (Phi) is 6.27. The molecule has 0 bridgehead atoms. The molecule has 0 radical (unpaired) electrons. The van der Waals surface area contributed by atoms with Crippen LogP contribution in [0.1, 0.15) is 70.0 Å². The molecule has 2 aliphatic carbocycles. The van der Waals surface area contributed by atoms with Crippen molar-refractivity contribution in [2.75, 3.05) is 0 Å². The van der Waals surface area contributed by atoms with Crippen LogP contribution in [-0.2, 0) is 25.7 Å². The van der Waals surface area contributed by atoms with E-state index >= 15 is 0 Å². The van der Waals surface area contributed by atoms with Gasteiger partial charge in [-0.15, -0.1) is 0 Å². The predicted molar refractivity (Wildman–Crippen MR) is 151 cm³/mol. The van der Waals surface area contributed by atoms with E-state index in [-0.39, 0.29) is 17.3 Å². The van der Waals surface area contributed by atoms with E-state index in [1.54, 1.807) is 24.3 Å². The largest absolute Gasteiger partial charge is 0.294 e. The highest BCUT2D eigenvalue weighted by molar-refractivity contribution is 6.09. The lowest BCUT2D eigenvalue weighted by atomic mass is 9.96. The van der Waals surface area contributed by atoms with Crippen LogP contribution in [0.4, 0.5) is 0 Å². The molecule has 4 aromatic rings. The van der Waals surface area contributed by atoms with Gasteiger partial charge in [0.05, 0.1) is 0 Å². The van der Waals surface area contributed by atoms with Crippen molar-refractivity contribution < 1.29 is 14.4 Å². The number of carbonyl (C=O) groups excluding carboxylic acids is 3. The molecule has 0 N–H and O–H groups in total. The maximum Gasteiger partial charge on any atom is 0.193 e. The lowest BCUT2D eigenvalue weighted by Crippen LogP contribution is -2.06. The highest BCUT2D eigenvalue weighted by atomic mass is 16.1. The van der Waals surface area contributed by atoms with Crippen LogP contribution in [0, 0.1) is 0 Å². The highest BCUT2D eigenvalue weighted by Gasteiger charge is 2.15. The average Bonchev–Trinajstić information content (AvgIpc) is 3.62. The zero-order valence-electron chi connectivity index (χ0n) is 20.9. The molecule has 0 saturated heterocycles. The molecule has 6 rings (SSSR count). The molecule has 0 unspecified atom stereocenters. The average molecular weight is 495 g/mol. The molecule has 3 nitrogen and oxygen atoms in total. The van der Waals surface area contributed by atoms with Gasteiger partial charge in [0, 0.05) is 35.1 Å². The molecule has 0 fully saturated rings. The Morgan fingerprint density at radius 3 is 1.32 bits per heavy atom. The number of fused-ring (bicyclic) bond motifs is 2. The molecular weight excluding hydrogens is 468 g/mol. The molecule has 4 aromatic carbocycles. The van der Waals surface area contributed by atoms with Crippen LogP contribution in [0.2, 0.25) is 0 Å². The van der Waals surface area contributed by atoms with Gasteiger partial charge in [0.1, 0.15) is 0 Å². The maximum atomic E-state index is 13.0. The van der Waals surface area contributed by atoms with Gasteiger partial charge in [0.15, 0.2) is 17.3 Å². The van der Waals surface area contributed by atoms with Crippen LogP contribution in [0.15, 0.2) is 97.1 Å². The van der Waals surface area contributed by atoms with Crippen LogP contribution in [0.25, 0.3) is 12.2 Å². The third-order valence-electron chi connectivity index (χ3n) is 7.37. The van der Waals surface area contributed by atoms with Crippen molar-refractivity contribution in [2.45, 2.75) is 25.7 Å². The minimum atomic E-state index is -0.0865. The van der Waals surface area contributed by atoms with Gasteiger partial charge in [-0.05, 0) is 58.4 Å². The molecule has 0 aliphatic heterocycles. The van der Waals surface area contributed by atoms with E-state index in [4.69, 9.17) is 0 Å². The molecule has 38 heavy (non-hydrogen) atoms. The fraction of sp³-hybridized carbons (Fsp3) is 0.114. The van der Waals surface area contributed by atoms with Gasteiger partial charge in [-0.1, -0.05) is 97.1 Å². The molecule has 184 valence electrons. The number of hydrogen-bond donors (Lipinski definition) is 0. The standard InChI is InChI=1S/C35H26O3/c36-33(31-17-15-25-3-1-5-29(25)21-31)19-23-7-11-27(12-8-23)35(38)28-13-9-24(10-14-28)20-34(37)32-18-16-26-4-2-6-30(26)22-32/h1-2,5-18,21-22H,3-4,19-20H2. The Hall–Kier alpha value is -4.63. The van der Waals surface area contributed by atoms with Crippen molar-refractivity contribution in [1.29, 1.82) is 0 Å². The summed E-state index contributed by atoms with van der Waals surface area (Å²) < 4.78 is 0. The normalized spacial score (nSPS) is 12.8. The Bertz CT molecular complexity index is 1510. The first-order chi connectivity index (χ1) is 18.5. The molecule has 2 aliphatic rings. The van der Waals surface area contributed by atoms with Gasteiger partial charge in [-0.25, -0.2) is 0 Å². The molecule has 0 saturated carbocycles. The third kappa shape index (κ3) is 4.83. The lowest BCUT2D eigenvalue weighted by Gasteiger charge is -2.07. The summed E-state index contributed by atoms with van der Waals surface area (Å²) in [6.45, 7) is 0. The van der Waals surface area contributed by atoms with E-state index in [2.05, 4.69) is 24.3 Å². The first-order valence-electron chi connectivity index (χ1n) is 12.9. The summed E-state index contributed by atoms with van der Waals surface area (Å²) in [6.07, 6.45) is 10.8. The van der Waals surface area contributed by atoms with Gasteiger partial charge >= 0.3 is 0 Å². The van der Waals surface area contributed by atoms with Gasteiger partial charge in [-0.3, -0.25) is 14.4 Å². The van der Waals surface area contributed by atoms with E-state index in [1.165, 1.54) is 11.1 Å². The van der Waals surface area contributed by atoms with Gasteiger partial charge < -0.3 is 0 Å². The highest BCUT2D eigenvalue weighted by Crippen LogP contribution is 2.23. The van der Waals surface area contributed by atoms with Crippen LogP contribution in [0.3, 0.4) is 0 Å². The Balaban J connectivity index is 1.08. The Labute approximate surface area is 222 Å². The lowest BCUT2D eigenvalue weighted by molar-refractivity contribution is 0.0984. The SMILES string of the molecule is O=C(Cc1ccc(C(=O)c2ccc(CC(=O)c3ccc4c(c3)C=CC4)cc2)cc1)c1ccc2c(c1)C=CC2. The number of rotatable bonds is 8. The predicted octanol–water partition coefficient (Wildman–Crippen LogP) is 6.91. The van der Waals surface area contributed by atoms with Gasteiger partial charge in [0.25, 0.3) is 0 Å². The first-order valence-corrected chi connectivity index (χ1v) is 12.9. The fourth-order valence-corrected chi connectivity index (χ4v) is 5.13. The minimum Gasteiger partial charge on any atom is -0.294 e. The Morgan fingerprint density at radius 2 is 0.895 bits per heavy atom. The second-order valence-electron chi connectivity index (χ2n) is 9.96. The molecule has 0 atom stereocenters. The molecule has 0 amide bonds. The monoisotopic (exact) mass is 494 g/mol. The smallest absolute Gasteiger partial charge is 0.193 e. The number of ketones is 3. The van der Waals surface area contributed by atoms with Crippen molar-refractivity contribution >= 4 is 29.5 Å². The summed E-state index contributed by atoms with van der Waals surface area (Å²) in [5.74, 6) is 0.0407. The number of hydrogen-bond acceptors (Lipinski definition) is 3. The summed E-state index contributed by atoms with van der Waals surface area (Å²) >= 11 is 0. The zero-order chi connectivity index (χ0) is 26.1. The molecule has 3 heteroatoms. The van der Waals surface area contributed by atoms with Gasteiger partial charge in [0.2, 0.25) is 0 Å². The third-order valence-corrected chi connectivity index (χ3v) is 7.37. The van der Waals surface area contributed by atoms with E-state index in [9.17, 15) is 14.4 Å². The fourth-order valence-electron chi connectivity index (χ4n) is 5.13. The molecule has 0 heterocycles. The Morgan fingerprint density at radius 1 is 0.500 bits per heavy atom. The number of Topliss-reactive ketones (excluding diaryl/α,β-unsaturated/α-hetero) is 2. The number of carbonyl (C=O) groups is 3. The quantitative estimate of drug-likeness (QED) is 0.250. The second kappa shape index (κ2) is 10.0. The molecule has 0 aromatic heterocycles. The van der Waals surface area contributed by atoms with Crippen LogP contribution in [0.5, 0.6) is 0 Å². The van der Waals surface area contributed by atoms with Crippen LogP contribution >= 0.6 is 0 Å². The molecule has 0 spiro atoms. The van der Waals surface area contributed by atoms with E-state index in [1.807, 2.05) is 60.7 Å². The second-order valence-corrected chi connectivity index (χ2v) is 9.96. The van der Waals surface area contributed by atoms with E-state index in [0.717, 1.165) is 35.1 Å². The maximum absolute atomic E-state index is 13.0. The summed E-state index contributed by atoms with van der Waals surface area (Å²) in [4.78, 5) is 38.6. The van der Waals surface area contributed by atoms with Crippen molar-refractivity contribution in [3.8, 4) is 0 Å². The van der Waals surface area contributed by atoms with Crippen molar-refractivity contribution in [1.82, 2.24) is 0 Å². The van der Waals surface area contributed by atoms with Gasteiger partial charge in [-0.2, -0.15) is 0 Å². The van der Waals surface area contributed by atoms with E-state index in [0.29, 0.717) is 35.1 Å². The first kappa shape index (κ1) is 23.7. The minimum absolute atomic E-state index is 0.0636. The number of benzene rings is 4. The van der Waals surface area contributed by atoms with Crippen LogP contribution in [-0.4, -0.2) is 17.3 Å². The topological polar surface area (TPSA) is 51.2 Å². The summed E-state index contributed by atoms with van der Waals surface area (Å²) in [7, 11) is 0.